The van der Waals surface area contributed by atoms with Crippen LogP contribution < -0.4 is 4.74 Å². The van der Waals surface area contributed by atoms with Gasteiger partial charge in [-0.1, -0.05) is 18.2 Å². The van der Waals surface area contributed by atoms with Gasteiger partial charge in [0.25, 0.3) is 0 Å². The average molecular weight is 311 g/mol. The Kier molecular flexibility index (Phi) is 5.19. The molecule has 0 spiro atoms. The third kappa shape index (κ3) is 4.28. The minimum absolute atomic E-state index is 0.148. The molecule has 1 amide bonds. The zero-order valence-electron chi connectivity index (χ0n) is 13.1. The van der Waals surface area contributed by atoms with E-state index >= 15 is 0 Å². The fourth-order valence-electron chi connectivity index (χ4n) is 2.90. The van der Waals surface area contributed by atoms with Gasteiger partial charge >= 0.3 is 0 Å². The maximum absolute atomic E-state index is 12.4. The molecule has 120 valence electrons. The van der Waals surface area contributed by atoms with Crippen LogP contribution in [0, 0.1) is 0 Å². The minimum Gasteiger partial charge on any atom is -0.493 e. The van der Waals surface area contributed by atoms with Crippen LogP contribution in [0.4, 0.5) is 0 Å². The van der Waals surface area contributed by atoms with E-state index in [0.29, 0.717) is 13.0 Å². The molecular formula is C18H21N3O2. The summed E-state index contributed by atoms with van der Waals surface area (Å²) in [5, 5.41) is 0. The molecular weight excluding hydrogens is 290 g/mol. The predicted molar refractivity (Wildman–Crippen MR) is 87.1 cm³/mol. The van der Waals surface area contributed by atoms with Crippen LogP contribution in [0.5, 0.6) is 5.75 Å². The van der Waals surface area contributed by atoms with E-state index < -0.39 is 0 Å². The van der Waals surface area contributed by atoms with Gasteiger partial charge in [-0.2, -0.15) is 0 Å². The molecule has 0 aliphatic carbocycles. The molecule has 1 aliphatic rings. The number of carbonyl (C=O) groups excluding carboxylic acids is 1. The standard InChI is InChI=1S/C18H21N3O2/c22-18(8-12-23-16-6-2-1-3-7-16)21-11-4-5-15(14-21)17-13-19-9-10-20-17/h1-3,6-7,9-10,13,15H,4-5,8,11-12,14H2. The molecule has 5 heteroatoms. The second kappa shape index (κ2) is 7.72. The van der Waals surface area contributed by atoms with Crippen molar-refractivity contribution in [2.45, 2.75) is 25.2 Å². The van der Waals surface area contributed by atoms with Crippen molar-refractivity contribution in [3.8, 4) is 5.75 Å². The molecule has 1 atom stereocenters. The van der Waals surface area contributed by atoms with Crippen molar-refractivity contribution in [3.05, 3.63) is 54.6 Å². The number of likely N-dealkylation sites (tertiary alicyclic amines) is 1. The average Bonchev–Trinajstić information content (AvgIpc) is 2.63. The van der Waals surface area contributed by atoms with Crippen molar-refractivity contribution < 1.29 is 9.53 Å². The van der Waals surface area contributed by atoms with Gasteiger partial charge in [-0.15, -0.1) is 0 Å². The highest BCUT2D eigenvalue weighted by Gasteiger charge is 2.25. The Morgan fingerprint density at radius 1 is 1.26 bits per heavy atom. The fourth-order valence-corrected chi connectivity index (χ4v) is 2.90. The molecule has 23 heavy (non-hydrogen) atoms. The Balaban J connectivity index is 1.49. The molecule has 0 N–H and O–H groups in total. The maximum atomic E-state index is 12.4. The second-order valence-electron chi connectivity index (χ2n) is 5.72. The van der Waals surface area contributed by atoms with Crippen LogP contribution in [0.2, 0.25) is 0 Å². The Labute approximate surface area is 136 Å². The molecule has 0 saturated carbocycles. The predicted octanol–water partition coefficient (Wildman–Crippen LogP) is 2.65. The first-order valence-corrected chi connectivity index (χ1v) is 8.04. The van der Waals surface area contributed by atoms with E-state index in [2.05, 4.69) is 9.97 Å². The molecule has 1 aromatic carbocycles. The van der Waals surface area contributed by atoms with Crippen molar-refractivity contribution >= 4 is 5.91 Å². The molecule has 0 bridgehead atoms. The molecule has 2 heterocycles. The van der Waals surface area contributed by atoms with E-state index in [-0.39, 0.29) is 11.8 Å². The number of benzene rings is 1. The van der Waals surface area contributed by atoms with E-state index in [4.69, 9.17) is 4.74 Å². The monoisotopic (exact) mass is 311 g/mol. The zero-order valence-corrected chi connectivity index (χ0v) is 13.1. The third-order valence-electron chi connectivity index (χ3n) is 4.10. The summed E-state index contributed by atoms with van der Waals surface area (Å²) in [6.07, 6.45) is 7.66. The summed E-state index contributed by atoms with van der Waals surface area (Å²) in [4.78, 5) is 22.8. The van der Waals surface area contributed by atoms with Crippen LogP contribution in [0.25, 0.3) is 0 Å². The summed E-state index contributed by atoms with van der Waals surface area (Å²) in [7, 11) is 0. The van der Waals surface area contributed by atoms with Crippen molar-refractivity contribution in [2.75, 3.05) is 19.7 Å². The number of aromatic nitrogens is 2. The molecule has 3 rings (SSSR count). The van der Waals surface area contributed by atoms with Gasteiger partial charge in [0.15, 0.2) is 0 Å². The second-order valence-corrected chi connectivity index (χ2v) is 5.72. The third-order valence-corrected chi connectivity index (χ3v) is 4.10. The molecule has 2 aromatic rings. The zero-order chi connectivity index (χ0) is 15.9. The van der Waals surface area contributed by atoms with Crippen LogP contribution in [-0.2, 0) is 4.79 Å². The van der Waals surface area contributed by atoms with Gasteiger partial charge in [-0.25, -0.2) is 0 Å². The highest BCUT2D eigenvalue weighted by Crippen LogP contribution is 2.25. The number of amides is 1. The lowest BCUT2D eigenvalue weighted by atomic mass is 9.95. The van der Waals surface area contributed by atoms with Crippen LogP contribution in [-0.4, -0.2) is 40.5 Å². The number of hydrogen-bond donors (Lipinski definition) is 0. The van der Waals surface area contributed by atoms with Gasteiger partial charge in [0.05, 0.1) is 18.7 Å². The molecule has 1 unspecified atom stereocenters. The lowest BCUT2D eigenvalue weighted by Gasteiger charge is -2.32. The number of rotatable bonds is 5. The summed E-state index contributed by atoms with van der Waals surface area (Å²) in [5.41, 5.74) is 0.977. The number of carbonyl (C=O) groups is 1. The number of piperidine rings is 1. The molecule has 1 saturated heterocycles. The van der Waals surface area contributed by atoms with Crippen molar-refractivity contribution in [1.82, 2.24) is 14.9 Å². The smallest absolute Gasteiger partial charge is 0.226 e. The molecule has 5 nitrogen and oxygen atoms in total. The highest BCUT2D eigenvalue weighted by molar-refractivity contribution is 5.76. The van der Waals surface area contributed by atoms with Crippen LogP contribution in [0.15, 0.2) is 48.9 Å². The summed E-state index contributed by atoms with van der Waals surface area (Å²) >= 11 is 0. The van der Waals surface area contributed by atoms with Crippen LogP contribution >= 0.6 is 0 Å². The number of para-hydroxylation sites is 1. The van der Waals surface area contributed by atoms with Crippen molar-refractivity contribution in [1.29, 1.82) is 0 Å². The summed E-state index contributed by atoms with van der Waals surface area (Å²) in [6, 6.07) is 9.59. The Bertz CT molecular complexity index is 619. The van der Waals surface area contributed by atoms with Gasteiger partial charge in [-0.05, 0) is 25.0 Å². The number of ether oxygens (including phenoxy) is 1. The largest absolute Gasteiger partial charge is 0.493 e. The normalized spacial score (nSPS) is 17.7. The SMILES string of the molecule is O=C(CCOc1ccccc1)N1CCCC(c2cnccn2)C1. The first-order valence-electron chi connectivity index (χ1n) is 8.04. The van der Waals surface area contributed by atoms with Crippen molar-refractivity contribution in [2.24, 2.45) is 0 Å². The summed E-state index contributed by atoms with van der Waals surface area (Å²) in [6.45, 7) is 1.96. The minimum atomic E-state index is 0.148. The first-order chi connectivity index (χ1) is 11.3. The van der Waals surface area contributed by atoms with Gasteiger partial charge < -0.3 is 9.64 Å². The lowest BCUT2D eigenvalue weighted by molar-refractivity contribution is -0.132. The first kappa shape index (κ1) is 15.5. The van der Waals surface area contributed by atoms with Gasteiger partial charge in [0.1, 0.15) is 5.75 Å². The van der Waals surface area contributed by atoms with E-state index in [9.17, 15) is 4.79 Å². The summed E-state index contributed by atoms with van der Waals surface area (Å²) < 4.78 is 5.61. The van der Waals surface area contributed by atoms with Crippen molar-refractivity contribution in [3.63, 3.8) is 0 Å². The fraction of sp³-hybridized carbons (Fsp3) is 0.389. The molecule has 0 radical (unpaired) electrons. The number of hydrogen-bond acceptors (Lipinski definition) is 4. The van der Waals surface area contributed by atoms with Crippen LogP contribution in [0.1, 0.15) is 30.9 Å². The quantitative estimate of drug-likeness (QED) is 0.852. The van der Waals surface area contributed by atoms with E-state index in [1.807, 2.05) is 35.2 Å². The summed E-state index contributed by atoms with van der Waals surface area (Å²) in [5.74, 6) is 1.24. The Morgan fingerprint density at radius 2 is 2.13 bits per heavy atom. The van der Waals surface area contributed by atoms with Gasteiger partial charge in [0.2, 0.25) is 5.91 Å². The molecule has 1 aromatic heterocycles. The van der Waals surface area contributed by atoms with Crippen LogP contribution in [0.3, 0.4) is 0 Å². The topological polar surface area (TPSA) is 55.3 Å². The van der Waals surface area contributed by atoms with Gasteiger partial charge in [0, 0.05) is 37.6 Å². The highest BCUT2D eigenvalue weighted by atomic mass is 16.5. The van der Waals surface area contributed by atoms with E-state index in [1.54, 1.807) is 18.6 Å². The van der Waals surface area contributed by atoms with E-state index in [0.717, 1.165) is 37.4 Å². The Morgan fingerprint density at radius 3 is 2.91 bits per heavy atom. The Hall–Kier alpha value is -2.43. The lowest BCUT2D eigenvalue weighted by Crippen LogP contribution is -2.39. The number of nitrogens with zero attached hydrogens (tertiary/aromatic N) is 3. The molecule has 1 fully saturated rings. The maximum Gasteiger partial charge on any atom is 0.226 e. The van der Waals surface area contributed by atoms with E-state index in [1.165, 1.54) is 0 Å². The van der Waals surface area contributed by atoms with Gasteiger partial charge in [-0.3, -0.25) is 14.8 Å². The molecule has 1 aliphatic heterocycles.